The standard InChI is InChI=1S/C12H17N3O3S2/c1-15(2)5-6-19-8-12-13-10-4-3-9(20(16,17)18)7-11(10)14-12/h3-4,7H,5-6,8H2,1-2H3,(H,13,14)(H,16,17,18). The van der Waals surface area contributed by atoms with Gasteiger partial charge in [-0.3, -0.25) is 4.55 Å². The van der Waals surface area contributed by atoms with Crippen molar-refractivity contribution in [2.45, 2.75) is 10.6 Å². The molecule has 0 unspecified atom stereocenters. The first-order valence-corrected chi connectivity index (χ1v) is 8.64. The van der Waals surface area contributed by atoms with Crippen LogP contribution in [0.15, 0.2) is 23.1 Å². The Morgan fingerprint density at radius 2 is 2.15 bits per heavy atom. The number of aromatic amines is 1. The highest BCUT2D eigenvalue weighted by molar-refractivity contribution is 7.98. The third-order valence-corrected chi connectivity index (χ3v) is 4.52. The lowest BCUT2D eigenvalue weighted by Crippen LogP contribution is -2.14. The van der Waals surface area contributed by atoms with Gasteiger partial charge in [-0.2, -0.15) is 20.2 Å². The lowest BCUT2D eigenvalue weighted by molar-refractivity contribution is 0.437. The van der Waals surface area contributed by atoms with E-state index in [2.05, 4.69) is 14.9 Å². The molecule has 0 amide bonds. The molecule has 0 fully saturated rings. The van der Waals surface area contributed by atoms with E-state index in [0.29, 0.717) is 11.0 Å². The fourth-order valence-corrected chi connectivity index (χ4v) is 3.16. The summed E-state index contributed by atoms with van der Waals surface area (Å²) in [6.07, 6.45) is 0. The molecule has 0 bridgehead atoms. The van der Waals surface area contributed by atoms with Gasteiger partial charge in [0.2, 0.25) is 0 Å². The molecule has 0 aliphatic rings. The first-order chi connectivity index (χ1) is 9.36. The van der Waals surface area contributed by atoms with E-state index in [-0.39, 0.29) is 4.90 Å². The molecule has 0 aliphatic carbocycles. The van der Waals surface area contributed by atoms with Gasteiger partial charge in [-0.25, -0.2) is 4.98 Å². The minimum atomic E-state index is -4.17. The largest absolute Gasteiger partial charge is 0.341 e. The summed E-state index contributed by atoms with van der Waals surface area (Å²) in [6, 6.07) is 4.33. The van der Waals surface area contributed by atoms with Crippen LogP contribution < -0.4 is 0 Å². The lowest BCUT2D eigenvalue weighted by Gasteiger charge is -2.07. The molecule has 2 rings (SSSR count). The quantitative estimate of drug-likeness (QED) is 0.622. The van der Waals surface area contributed by atoms with Crippen molar-refractivity contribution in [3.05, 3.63) is 24.0 Å². The Kier molecular flexibility index (Phi) is 4.69. The number of fused-ring (bicyclic) bond motifs is 1. The number of H-pyrrole nitrogens is 1. The SMILES string of the molecule is CN(C)CCSCc1nc2ccc(S(=O)(=O)O)cc2[nH]1. The van der Waals surface area contributed by atoms with Crippen LogP contribution in [0.1, 0.15) is 5.82 Å². The highest BCUT2D eigenvalue weighted by atomic mass is 32.2. The second kappa shape index (κ2) is 6.13. The van der Waals surface area contributed by atoms with Crippen molar-refractivity contribution in [3.63, 3.8) is 0 Å². The van der Waals surface area contributed by atoms with Gasteiger partial charge in [-0.15, -0.1) is 0 Å². The van der Waals surface area contributed by atoms with E-state index in [0.717, 1.165) is 23.9 Å². The van der Waals surface area contributed by atoms with Crippen molar-refractivity contribution in [3.8, 4) is 0 Å². The molecule has 1 heterocycles. The molecule has 8 heteroatoms. The Balaban J connectivity index is 2.09. The van der Waals surface area contributed by atoms with Gasteiger partial charge >= 0.3 is 0 Å². The zero-order valence-corrected chi connectivity index (χ0v) is 13.0. The van der Waals surface area contributed by atoms with Crippen LogP contribution in [0, 0.1) is 0 Å². The molecule has 1 aromatic carbocycles. The number of thioether (sulfide) groups is 1. The molecule has 20 heavy (non-hydrogen) atoms. The van der Waals surface area contributed by atoms with Crippen LogP contribution in [0.5, 0.6) is 0 Å². The van der Waals surface area contributed by atoms with Crippen LogP contribution in [0.2, 0.25) is 0 Å². The number of nitrogens with one attached hydrogen (secondary N) is 1. The first kappa shape index (κ1) is 15.3. The van der Waals surface area contributed by atoms with Gasteiger partial charge in [0, 0.05) is 12.3 Å². The van der Waals surface area contributed by atoms with Crippen molar-refractivity contribution in [1.29, 1.82) is 0 Å². The molecule has 0 radical (unpaired) electrons. The van der Waals surface area contributed by atoms with Crippen LogP contribution in [-0.2, 0) is 15.9 Å². The van der Waals surface area contributed by atoms with E-state index in [9.17, 15) is 8.42 Å². The molecular weight excluding hydrogens is 298 g/mol. The van der Waals surface area contributed by atoms with Crippen LogP contribution in [0.4, 0.5) is 0 Å². The number of nitrogens with zero attached hydrogens (tertiary/aromatic N) is 2. The summed E-state index contributed by atoms with van der Waals surface area (Å²) >= 11 is 1.76. The second-order valence-corrected chi connectivity index (χ2v) is 7.22. The number of rotatable bonds is 6. The van der Waals surface area contributed by atoms with Gasteiger partial charge in [0.25, 0.3) is 10.1 Å². The minimum absolute atomic E-state index is 0.125. The number of benzene rings is 1. The number of imidazole rings is 1. The van der Waals surface area contributed by atoms with Crippen molar-refractivity contribution >= 4 is 32.9 Å². The summed E-state index contributed by atoms with van der Waals surface area (Å²) in [5.74, 6) is 2.54. The summed E-state index contributed by atoms with van der Waals surface area (Å²) < 4.78 is 31.2. The van der Waals surface area contributed by atoms with E-state index in [4.69, 9.17) is 4.55 Å². The van der Waals surface area contributed by atoms with E-state index in [1.807, 2.05) is 14.1 Å². The molecule has 0 saturated carbocycles. The van der Waals surface area contributed by atoms with Gasteiger partial charge in [-0.05, 0) is 32.3 Å². The smallest absolute Gasteiger partial charge is 0.294 e. The van der Waals surface area contributed by atoms with Crippen molar-refractivity contribution < 1.29 is 13.0 Å². The molecule has 110 valence electrons. The zero-order chi connectivity index (χ0) is 14.8. The van der Waals surface area contributed by atoms with Crippen molar-refractivity contribution in [1.82, 2.24) is 14.9 Å². The van der Waals surface area contributed by atoms with E-state index in [1.54, 1.807) is 17.8 Å². The molecule has 0 atom stereocenters. The van der Waals surface area contributed by atoms with Crippen LogP contribution in [0.3, 0.4) is 0 Å². The summed E-state index contributed by atoms with van der Waals surface area (Å²) in [5.41, 5.74) is 1.31. The van der Waals surface area contributed by atoms with Crippen molar-refractivity contribution in [2.75, 3.05) is 26.4 Å². The van der Waals surface area contributed by atoms with Gasteiger partial charge < -0.3 is 9.88 Å². The molecule has 2 N–H and O–H groups in total. The third kappa shape index (κ3) is 3.95. The van der Waals surface area contributed by atoms with Gasteiger partial charge in [0.05, 0.1) is 21.7 Å². The summed E-state index contributed by atoms with van der Waals surface area (Å²) in [4.78, 5) is 9.45. The Morgan fingerprint density at radius 1 is 1.40 bits per heavy atom. The maximum absolute atomic E-state index is 11.1. The first-order valence-electron chi connectivity index (χ1n) is 6.05. The Morgan fingerprint density at radius 3 is 2.80 bits per heavy atom. The van der Waals surface area contributed by atoms with Gasteiger partial charge in [-0.1, -0.05) is 0 Å². The molecular formula is C12H17N3O3S2. The normalized spacial score (nSPS) is 12.4. The predicted octanol–water partition coefficient (Wildman–Crippen LogP) is 1.60. The Labute approximate surface area is 122 Å². The fourth-order valence-electron chi connectivity index (χ4n) is 1.69. The summed E-state index contributed by atoms with van der Waals surface area (Å²) in [5, 5.41) is 0. The van der Waals surface area contributed by atoms with Gasteiger partial charge in [0.15, 0.2) is 0 Å². The lowest BCUT2D eigenvalue weighted by atomic mass is 10.3. The highest BCUT2D eigenvalue weighted by Gasteiger charge is 2.11. The molecule has 0 aliphatic heterocycles. The Hall–Kier alpha value is -1.09. The van der Waals surface area contributed by atoms with E-state index < -0.39 is 10.1 Å². The fraction of sp³-hybridized carbons (Fsp3) is 0.417. The second-order valence-electron chi connectivity index (χ2n) is 4.69. The number of aromatic nitrogens is 2. The minimum Gasteiger partial charge on any atom is -0.341 e. The monoisotopic (exact) mass is 315 g/mol. The molecule has 1 aromatic heterocycles. The zero-order valence-electron chi connectivity index (χ0n) is 11.3. The molecule has 0 spiro atoms. The predicted molar refractivity (Wildman–Crippen MR) is 80.6 cm³/mol. The summed E-state index contributed by atoms with van der Waals surface area (Å²) in [6.45, 7) is 0.998. The summed E-state index contributed by atoms with van der Waals surface area (Å²) in [7, 11) is -0.121. The van der Waals surface area contributed by atoms with Crippen LogP contribution in [0.25, 0.3) is 11.0 Å². The Bertz CT molecular complexity index is 695. The molecule has 2 aromatic rings. The average Bonchev–Trinajstić information content (AvgIpc) is 2.74. The highest BCUT2D eigenvalue weighted by Crippen LogP contribution is 2.19. The maximum Gasteiger partial charge on any atom is 0.294 e. The van der Waals surface area contributed by atoms with E-state index >= 15 is 0 Å². The van der Waals surface area contributed by atoms with Gasteiger partial charge in [0.1, 0.15) is 5.82 Å². The van der Waals surface area contributed by atoms with Crippen molar-refractivity contribution in [2.24, 2.45) is 0 Å². The average molecular weight is 315 g/mol. The van der Waals surface area contributed by atoms with Crippen LogP contribution >= 0.6 is 11.8 Å². The third-order valence-electron chi connectivity index (χ3n) is 2.72. The number of hydrogen-bond acceptors (Lipinski definition) is 5. The van der Waals surface area contributed by atoms with E-state index in [1.165, 1.54) is 12.1 Å². The van der Waals surface area contributed by atoms with Crippen LogP contribution in [-0.4, -0.2) is 54.2 Å². The number of hydrogen-bond donors (Lipinski definition) is 2. The molecule has 6 nitrogen and oxygen atoms in total. The maximum atomic E-state index is 11.1. The topological polar surface area (TPSA) is 86.3 Å². The molecule has 0 saturated heterocycles.